The van der Waals surface area contributed by atoms with Gasteiger partial charge in [-0.2, -0.15) is 0 Å². The molecule has 1 saturated carbocycles. The van der Waals surface area contributed by atoms with E-state index in [-0.39, 0.29) is 0 Å². The van der Waals surface area contributed by atoms with Gasteiger partial charge < -0.3 is 4.74 Å². The average molecular weight is 203 g/mol. The third-order valence-corrected chi connectivity index (χ3v) is 2.56. The molecular formula is C14H19O. The lowest BCUT2D eigenvalue weighted by Gasteiger charge is -2.09. The van der Waals surface area contributed by atoms with Crippen molar-refractivity contribution in [3.05, 3.63) is 6.61 Å². The molecule has 0 bridgehead atoms. The van der Waals surface area contributed by atoms with Crippen molar-refractivity contribution < 1.29 is 4.74 Å². The second-order valence-electron chi connectivity index (χ2n) is 3.93. The van der Waals surface area contributed by atoms with Crippen molar-refractivity contribution in [1.29, 1.82) is 0 Å². The first-order chi connectivity index (χ1) is 7.38. The van der Waals surface area contributed by atoms with E-state index in [4.69, 9.17) is 11.2 Å². The number of rotatable bonds is 7. The first-order valence-corrected chi connectivity index (χ1v) is 5.67. The van der Waals surface area contributed by atoms with Gasteiger partial charge in [-0.15, -0.1) is 18.3 Å². The quantitative estimate of drug-likeness (QED) is 0.456. The number of hydrogen-bond acceptors (Lipinski definition) is 1. The summed E-state index contributed by atoms with van der Waals surface area (Å²) in [7, 11) is 0. The molecule has 1 unspecified atom stereocenters. The third-order valence-electron chi connectivity index (χ3n) is 2.56. The van der Waals surface area contributed by atoms with Crippen LogP contribution in [0.1, 0.15) is 39.0 Å². The Morgan fingerprint density at radius 1 is 1.53 bits per heavy atom. The summed E-state index contributed by atoms with van der Waals surface area (Å²) in [4.78, 5) is 0. The van der Waals surface area contributed by atoms with E-state index in [0.717, 1.165) is 31.8 Å². The van der Waals surface area contributed by atoms with Crippen LogP contribution in [0.25, 0.3) is 0 Å². The SMILES string of the molecule is C#CCCC[CH]OCC(C#CC)C1CC1. The van der Waals surface area contributed by atoms with E-state index in [9.17, 15) is 0 Å². The van der Waals surface area contributed by atoms with Crippen LogP contribution in [0.5, 0.6) is 0 Å². The second kappa shape index (κ2) is 7.38. The highest BCUT2D eigenvalue weighted by atomic mass is 16.5. The number of unbranched alkanes of at least 4 members (excludes halogenated alkanes) is 2. The fourth-order valence-electron chi connectivity index (χ4n) is 1.52. The highest BCUT2D eigenvalue weighted by Gasteiger charge is 2.29. The summed E-state index contributed by atoms with van der Waals surface area (Å²) in [6, 6.07) is 0. The molecule has 1 rings (SSSR count). The molecular weight excluding hydrogens is 184 g/mol. The molecule has 1 heteroatoms. The molecule has 0 aromatic carbocycles. The average Bonchev–Trinajstić information content (AvgIpc) is 3.05. The number of ether oxygens (including phenoxy) is 1. The minimum atomic E-state index is 0.443. The van der Waals surface area contributed by atoms with Crippen LogP contribution in [0.4, 0.5) is 0 Å². The zero-order chi connectivity index (χ0) is 10.9. The lowest BCUT2D eigenvalue weighted by Crippen LogP contribution is -2.08. The van der Waals surface area contributed by atoms with E-state index in [1.54, 1.807) is 0 Å². The molecule has 0 amide bonds. The normalized spacial score (nSPS) is 16.3. The Kier molecular flexibility index (Phi) is 5.98. The molecule has 81 valence electrons. The van der Waals surface area contributed by atoms with E-state index < -0.39 is 0 Å². The largest absolute Gasteiger partial charge is 0.374 e. The topological polar surface area (TPSA) is 9.23 Å². The molecule has 0 aliphatic heterocycles. The molecule has 0 saturated heterocycles. The van der Waals surface area contributed by atoms with Crippen LogP contribution in [0.2, 0.25) is 0 Å². The molecule has 0 spiro atoms. The predicted molar refractivity (Wildman–Crippen MR) is 62.6 cm³/mol. The van der Waals surface area contributed by atoms with Crippen molar-refractivity contribution in [2.24, 2.45) is 11.8 Å². The van der Waals surface area contributed by atoms with Crippen LogP contribution in [-0.4, -0.2) is 6.61 Å². The molecule has 0 heterocycles. The summed E-state index contributed by atoms with van der Waals surface area (Å²) in [5, 5.41) is 0. The summed E-state index contributed by atoms with van der Waals surface area (Å²) < 4.78 is 5.50. The van der Waals surface area contributed by atoms with Gasteiger partial charge in [0.15, 0.2) is 0 Å². The summed E-state index contributed by atoms with van der Waals surface area (Å²) in [6.07, 6.45) is 10.6. The van der Waals surface area contributed by atoms with E-state index in [1.165, 1.54) is 12.8 Å². The molecule has 1 aliphatic carbocycles. The van der Waals surface area contributed by atoms with Gasteiger partial charge in [0.05, 0.1) is 13.2 Å². The molecule has 1 radical (unpaired) electrons. The van der Waals surface area contributed by atoms with Gasteiger partial charge in [0, 0.05) is 12.3 Å². The van der Waals surface area contributed by atoms with Crippen molar-refractivity contribution in [3.8, 4) is 24.2 Å². The zero-order valence-electron chi connectivity index (χ0n) is 9.46. The maximum absolute atomic E-state index is 5.50. The van der Waals surface area contributed by atoms with Crippen LogP contribution >= 0.6 is 0 Å². The highest BCUT2D eigenvalue weighted by Crippen LogP contribution is 2.36. The lowest BCUT2D eigenvalue weighted by atomic mass is 10.1. The second-order valence-corrected chi connectivity index (χ2v) is 3.93. The standard InChI is InChI=1S/C14H19O/c1-3-5-6-7-11-15-12-14(8-4-2)13-9-10-13/h1,11,13-14H,5-7,9-10,12H2,2H3. The van der Waals surface area contributed by atoms with Crippen molar-refractivity contribution in [2.45, 2.75) is 39.0 Å². The van der Waals surface area contributed by atoms with Crippen LogP contribution in [0, 0.1) is 42.6 Å². The van der Waals surface area contributed by atoms with Gasteiger partial charge in [0.25, 0.3) is 0 Å². The van der Waals surface area contributed by atoms with Gasteiger partial charge in [-0.25, -0.2) is 0 Å². The monoisotopic (exact) mass is 203 g/mol. The smallest absolute Gasteiger partial charge is 0.0837 e. The minimum Gasteiger partial charge on any atom is -0.374 e. The Labute approximate surface area is 93.6 Å². The van der Waals surface area contributed by atoms with Gasteiger partial charge in [0.1, 0.15) is 0 Å². The van der Waals surface area contributed by atoms with E-state index >= 15 is 0 Å². The Morgan fingerprint density at radius 3 is 2.93 bits per heavy atom. The minimum absolute atomic E-state index is 0.443. The maximum Gasteiger partial charge on any atom is 0.0837 e. The number of terminal acetylenes is 1. The van der Waals surface area contributed by atoms with E-state index in [0.29, 0.717) is 5.92 Å². The van der Waals surface area contributed by atoms with Crippen molar-refractivity contribution >= 4 is 0 Å². The summed E-state index contributed by atoms with van der Waals surface area (Å²) in [5.74, 6) is 10.0. The maximum atomic E-state index is 5.50. The summed E-state index contributed by atoms with van der Waals surface area (Å²) in [5.41, 5.74) is 0. The fraction of sp³-hybridized carbons (Fsp3) is 0.643. The third kappa shape index (κ3) is 5.50. The first kappa shape index (κ1) is 12.2. The van der Waals surface area contributed by atoms with Gasteiger partial charge in [-0.05, 0) is 38.5 Å². The molecule has 1 fully saturated rings. The van der Waals surface area contributed by atoms with Crippen LogP contribution < -0.4 is 0 Å². The van der Waals surface area contributed by atoms with Gasteiger partial charge >= 0.3 is 0 Å². The Bertz CT molecular complexity index is 259. The fourth-order valence-corrected chi connectivity index (χ4v) is 1.52. The molecule has 15 heavy (non-hydrogen) atoms. The summed E-state index contributed by atoms with van der Waals surface area (Å²) >= 11 is 0. The van der Waals surface area contributed by atoms with Crippen molar-refractivity contribution in [1.82, 2.24) is 0 Å². The zero-order valence-corrected chi connectivity index (χ0v) is 9.46. The first-order valence-electron chi connectivity index (χ1n) is 5.67. The van der Waals surface area contributed by atoms with Crippen LogP contribution in [-0.2, 0) is 4.74 Å². The molecule has 0 aromatic heterocycles. The van der Waals surface area contributed by atoms with Gasteiger partial charge in [0.2, 0.25) is 0 Å². The van der Waals surface area contributed by atoms with Gasteiger partial charge in [-0.1, -0.05) is 5.92 Å². The van der Waals surface area contributed by atoms with E-state index in [2.05, 4.69) is 17.8 Å². The Hall–Kier alpha value is -0.920. The van der Waals surface area contributed by atoms with E-state index in [1.807, 2.05) is 13.5 Å². The predicted octanol–water partition coefficient (Wildman–Crippen LogP) is 3.02. The van der Waals surface area contributed by atoms with Crippen LogP contribution in [0.3, 0.4) is 0 Å². The molecule has 1 aliphatic rings. The molecule has 1 atom stereocenters. The van der Waals surface area contributed by atoms with Crippen molar-refractivity contribution in [2.75, 3.05) is 6.61 Å². The molecule has 0 aromatic rings. The van der Waals surface area contributed by atoms with Gasteiger partial charge in [-0.3, -0.25) is 0 Å². The van der Waals surface area contributed by atoms with Crippen molar-refractivity contribution in [3.63, 3.8) is 0 Å². The number of hydrogen-bond donors (Lipinski definition) is 0. The summed E-state index contributed by atoms with van der Waals surface area (Å²) in [6.45, 7) is 4.53. The highest BCUT2D eigenvalue weighted by molar-refractivity contribution is 5.06. The Morgan fingerprint density at radius 2 is 2.33 bits per heavy atom. The molecule has 1 nitrogen and oxygen atoms in total. The Balaban J connectivity index is 2.01. The molecule has 0 N–H and O–H groups in total. The lowest BCUT2D eigenvalue weighted by molar-refractivity contribution is 0.159. The van der Waals surface area contributed by atoms with Crippen LogP contribution in [0.15, 0.2) is 0 Å².